The Hall–Kier alpha value is -1.43. The van der Waals surface area contributed by atoms with Crippen LogP contribution in [-0.4, -0.2) is 11.7 Å². The van der Waals surface area contributed by atoms with Gasteiger partial charge in [0, 0.05) is 10.6 Å². The summed E-state index contributed by atoms with van der Waals surface area (Å²) in [6.07, 6.45) is 0. The number of thioether (sulfide) groups is 1. The zero-order chi connectivity index (χ0) is 15.4. The molecule has 0 saturated heterocycles. The number of hydrogen-bond donors (Lipinski definition) is 2. The van der Waals surface area contributed by atoms with Crippen LogP contribution in [0, 0.1) is 5.82 Å². The van der Waals surface area contributed by atoms with E-state index in [0.29, 0.717) is 10.6 Å². The van der Waals surface area contributed by atoms with Gasteiger partial charge in [0.2, 0.25) is 5.91 Å². The third-order valence-electron chi connectivity index (χ3n) is 2.56. The van der Waals surface area contributed by atoms with Crippen LogP contribution in [0.2, 0.25) is 10.0 Å². The maximum absolute atomic E-state index is 13.4. The van der Waals surface area contributed by atoms with Crippen molar-refractivity contribution in [3.63, 3.8) is 0 Å². The topological polar surface area (TPSA) is 55.1 Å². The molecule has 7 heteroatoms. The van der Waals surface area contributed by atoms with Crippen LogP contribution in [0.3, 0.4) is 0 Å². The van der Waals surface area contributed by atoms with E-state index >= 15 is 0 Å². The molecule has 0 aromatic heterocycles. The minimum Gasteiger partial charge on any atom is -0.396 e. The van der Waals surface area contributed by atoms with Crippen molar-refractivity contribution in [2.45, 2.75) is 4.90 Å². The molecule has 21 heavy (non-hydrogen) atoms. The Kier molecular flexibility index (Phi) is 5.33. The molecule has 0 unspecified atom stereocenters. The van der Waals surface area contributed by atoms with Crippen LogP contribution < -0.4 is 11.1 Å². The van der Waals surface area contributed by atoms with E-state index in [2.05, 4.69) is 5.32 Å². The SMILES string of the molecule is Nc1c(Cl)cc(NC(=O)CSc2ccccc2F)cc1Cl. The van der Waals surface area contributed by atoms with E-state index in [4.69, 9.17) is 28.9 Å². The number of nitrogens with one attached hydrogen (secondary N) is 1. The standard InChI is InChI=1S/C14H11Cl2FN2OS/c15-9-5-8(6-10(16)14(9)18)19-13(20)7-21-12-4-2-1-3-11(12)17/h1-6H,7,18H2,(H,19,20). The zero-order valence-corrected chi connectivity index (χ0v) is 13.0. The van der Waals surface area contributed by atoms with Gasteiger partial charge in [-0.25, -0.2) is 4.39 Å². The van der Waals surface area contributed by atoms with Crippen molar-refractivity contribution in [2.24, 2.45) is 0 Å². The van der Waals surface area contributed by atoms with Gasteiger partial charge in [0.1, 0.15) is 5.82 Å². The highest BCUT2D eigenvalue weighted by Gasteiger charge is 2.09. The maximum atomic E-state index is 13.4. The minimum absolute atomic E-state index is 0.0700. The fourth-order valence-corrected chi connectivity index (χ4v) is 2.79. The second-order valence-electron chi connectivity index (χ2n) is 4.12. The molecule has 2 aromatic rings. The van der Waals surface area contributed by atoms with Gasteiger partial charge < -0.3 is 11.1 Å². The molecular formula is C14H11Cl2FN2OS. The number of carbonyl (C=O) groups is 1. The third kappa shape index (κ3) is 4.27. The van der Waals surface area contributed by atoms with Crippen molar-refractivity contribution >= 4 is 52.2 Å². The first-order valence-electron chi connectivity index (χ1n) is 5.89. The van der Waals surface area contributed by atoms with E-state index in [-0.39, 0.29) is 33.2 Å². The highest BCUT2D eigenvalue weighted by molar-refractivity contribution is 8.00. The van der Waals surface area contributed by atoms with E-state index in [1.165, 1.54) is 18.2 Å². The molecule has 0 spiro atoms. The van der Waals surface area contributed by atoms with Gasteiger partial charge in [0.25, 0.3) is 0 Å². The molecule has 0 aliphatic rings. The smallest absolute Gasteiger partial charge is 0.234 e. The number of nitrogens with two attached hydrogens (primary N) is 1. The Morgan fingerprint density at radius 2 is 1.86 bits per heavy atom. The lowest BCUT2D eigenvalue weighted by Crippen LogP contribution is -2.14. The van der Waals surface area contributed by atoms with E-state index in [1.54, 1.807) is 18.2 Å². The number of benzene rings is 2. The average molecular weight is 345 g/mol. The summed E-state index contributed by atoms with van der Waals surface area (Å²) < 4.78 is 13.4. The number of hydrogen-bond acceptors (Lipinski definition) is 3. The Bertz CT molecular complexity index is 659. The first kappa shape index (κ1) is 15.9. The summed E-state index contributed by atoms with van der Waals surface area (Å²) in [5.41, 5.74) is 6.31. The second-order valence-corrected chi connectivity index (χ2v) is 5.95. The van der Waals surface area contributed by atoms with E-state index in [1.807, 2.05) is 0 Å². The molecule has 1 amide bonds. The van der Waals surface area contributed by atoms with E-state index in [0.717, 1.165) is 11.8 Å². The number of nitrogen functional groups attached to an aromatic ring is 1. The van der Waals surface area contributed by atoms with Crippen molar-refractivity contribution in [1.29, 1.82) is 0 Å². The third-order valence-corrected chi connectivity index (χ3v) is 4.23. The van der Waals surface area contributed by atoms with E-state index in [9.17, 15) is 9.18 Å². The summed E-state index contributed by atoms with van der Waals surface area (Å²) in [5.74, 6) is -0.574. The molecule has 0 heterocycles. The predicted molar refractivity (Wildman–Crippen MR) is 86.6 cm³/mol. The van der Waals surface area contributed by atoms with Crippen LogP contribution in [0.1, 0.15) is 0 Å². The molecule has 110 valence electrons. The van der Waals surface area contributed by atoms with Gasteiger partial charge in [-0.05, 0) is 24.3 Å². The van der Waals surface area contributed by atoms with Crippen molar-refractivity contribution in [3.05, 3.63) is 52.3 Å². The normalized spacial score (nSPS) is 10.4. The van der Waals surface area contributed by atoms with Crippen LogP contribution in [0.5, 0.6) is 0 Å². The molecule has 0 radical (unpaired) electrons. The monoisotopic (exact) mass is 344 g/mol. The lowest BCUT2D eigenvalue weighted by Gasteiger charge is -2.08. The maximum Gasteiger partial charge on any atom is 0.234 e. The van der Waals surface area contributed by atoms with Crippen LogP contribution in [0.4, 0.5) is 15.8 Å². The molecule has 2 rings (SSSR count). The fraction of sp³-hybridized carbons (Fsp3) is 0.0714. The molecule has 0 fully saturated rings. The lowest BCUT2D eigenvalue weighted by molar-refractivity contribution is -0.113. The molecule has 3 N–H and O–H groups in total. The van der Waals surface area contributed by atoms with E-state index < -0.39 is 0 Å². The number of amides is 1. The Morgan fingerprint density at radius 1 is 1.24 bits per heavy atom. The molecule has 2 aromatic carbocycles. The van der Waals surface area contributed by atoms with Crippen molar-refractivity contribution < 1.29 is 9.18 Å². The van der Waals surface area contributed by atoms with Crippen LogP contribution in [0.15, 0.2) is 41.3 Å². The molecule has 3 nitrogen and oxygen atoms in total. The Morgan fingerprint density at radius 3 is 2.48 bits per heavy atom. The van der Waals surface area contributed by atoms with Gasteiger partial charge in [-0.15, -0.1) is 11.8 Å². The quantitative estimate of drug-likeness (QED) is 0.636. The van der Waals surface area contributed by atoms with Crippen LogP contribution >= 0.6 is 35.0 Å². The Balaban J connectivity index is 1.98. The van der Waals surface area contributed by atoms with Gasteiger partial charge >= 0.3 is 0 Å². The van der Waals surface area contributed by atoms with Crippen LogP contribution in [0.25, 0.3) is 0 Å². The number of carbonyl (C=O) groups excluding carboxylic acids is 1. The van der Waals surface area contributed by atoms with Crippen molar-refractivity contribution in [1.82, 2.24) is 0 Å². The molecule has 0 bridgehead atoms. The van der Waals surface area contributed by atoms with Gasteiger partial charge in [-0.1, -0.05) is 35.3 Å². The average Bonchev–Trinajstić information content (AvgIpc) is 2.44. The second kappa shape index (κ2) is 7.02. The highest BCUT2D eigenvalue weighted by Crippen LogP contribution is 2.31. The fourth-order valence-electron chi connectivity index (χ4n) is 1.56. The summed E-state index contributed by atoms with van der Waals surface area (Å²) in [6.45, 7) is 0. The molecule has 0 atom stereocenters. The summed E-state index contributed by atoms with van der Waals surface area (Å²) >= 11 is 12.9. The molecule has 0 saturated carbocycles. The summed E-state index contributed by atoms with van der Waals surface area (Å²) in [4.78, 5) is 12.3. The largest absolute Gasteiger partial charge is 0.396 e. The summed E-state index contributed by atoms with van der Waals surface area (Å²) in [6, 6.07) is 9.29. The minimum atomic E-state index is -0.353. The van der Waals surface area contributed by atoms with Gasteiger partial charge in [0.05, 0.1) is 21.5 Å². The van der Waals surface area contributed by atoms with Gasteiger partial charge in [-0.3, -0.25) is 4.79 Å². The summed E-state index contributed by atoms with van der Waals surface area (Å²) in [7, 11) is 0. The van der Waals surface area contributed by atoms with Crippen LogP contribution in [-0.2, 0) is 4.79 Å². The first-order valence-corrected chi connectivity index (χ1v) is 7.63. The predicted octanol–water partition coefficient (Wildman–Crippen LogP) is 4.45. The molecule has 0 aliphatic heterocycles. The van der Waals surface area contributed by atoms with Crippen molar-refractivity contribution in [3.8, 4) is 0 Å². The first-order chi connectivity index (χ1) is 9.97. The van der Waals surface area contributed by atoms with Gasteiger partial charge in [-0.2, -0.15) is 0 Å². The highest BCUT2D eigenvalue weighted by atomic mass is 35.5. The zero-order valence-electron chi connectivity index (χ0n) is 10.7. The molecule has 0 aliphatic carbocycles. The van der Waals surface area contributed by atoms with Crippen molar-refractivity contribution in [2.75, 3.05) is 16.8 Å². The Labute approximate surface area is 135 Å². The van der Waals surface area contributed by atoms with Gasteiger partial charge in [0.15, 0.2) is 0 Å². The number of halogens is 3. The lowest BCUT2D eigenvalue weighted by atomic mass is 10.3. The summed E-state index contributed by atoms with van der Waals surface area (Å²) in [5, 5.41) is 3.16. The number of anilines is 2. The number of rotatable bonds is 4. The molecular weight excluding hydrogens is 334 g/mol.